The molecule has 1 aromatic carbocycles. The molecular weight excluding hydrogens is 300 g/mol. The molecular formula is C20H28N2O2. The summed E-state index contributed by atoms with van der Waals surface area (Å²) in [6, 6.07) is 6.20. The van der Waals surface area contributed by atoms with Gasteiger partial charge in [0.1, 0.15) is 0 Å². The van der Waals surface area contributed by atoms with Gasteiger partial charge in [-0.3, -0.25) is 0 Å². The molecule has 0 radical (unpaired) electrons. The fraction of sp³-hybridized carbons (Fsp3) is 0.650. The number of urea groups is 1. The van der Waals surface area contributed by atoms with E-state index in [1.165, 1.54) is 42.4 Å². The van der Waals surface area contributed by atoms with Crippen LogP contribution < -0.4 is 10.6 Å². The third-order valence-electron chi connectivity index (χ3n) is 6.89. The van der Waals surface area contributed by atoms with Crippen molar-refractivity contribution in [2.45, 2.75) is 58.1 Å². The summed E-state index contributed by atoms with van der Waals surface area (Å²) < 4.78 is 6.08. The SMILES string of the molecule is Cc1cccc(C(C)NC(=O)NC[C@]23C[C@H]2COC32CCC2)c1C. The standard InChI is InChI=1S/C20H28N2O2/c1-13-6-4-7-17(14(13)2)15(3)22-18(23)21-12-19-10-16(19)11-24-20(19)8-5-9-20/h4,6-7,15-16H,5,8-12H2,1-3H3,(H2,21,22,23)/t15?,16-,19+/m0/s1. The molecule has 3 aliphatic rings. The number of fused-ring (bicyclic) bond motifs is 2. The highest BCUT2D eigenvalue weighted by Gasteiger charge is 2.73. The summed E-state index contributed by atoms with van der Waals surface area (Å²) in [4.78, 5) is 12.4. The number of amides is 2. The lowest BCUT2D eigenvalue weighted by Gasteiger charge is -2.45. The second-order valence-corrected chi connectivity index (χ2v) is 8.05. The van der Waals surface area contributed by atoms with Crippen LogP contribution in [0.2, 0.25) is 0 Å². The predicted octanol–water partition coefficient (Wildman–Crippen LogP) is 3.62. The van der Waals surface area contributed by atoms with Crippen LogP contribution in [-0.2, 0) is 4.74 Å². The Kier molecular flexibility index (Phi) is 3.64. The summed E-state index contributed by atoms with van der Waals surface area (Å²) in [5, 5.41) is 6.23. The van der Waals surface area contributed by atoms with Crippen LogP contribution in [0.3, 0.4) is 0 Å². The van der Waals surface area contributed by atoms with Crippen molar-refractivity contribution >= 4 is 6.03 Å². The van der Waals surface area contributed by atoms with Crippen LogP contribution in [-0.4, -0.2) is 24.8 Å². The van der Waals surface area contributed by atoms with E-state index < -0.39 is 0 Å². The first-order chi connectivity index (χ1) is 11.5. The van der Waals surface area contributed by atoms with Crippen LogP contribution in [0, 0.1) is 25.2 Å². The Bertz CT molecular complexity index is 668. The number of hydrogen-bond acceptors (Lipinski definition) is 2. The molecule has 2 aliphatic carbocycles. The molecule has 2 N–H and O–H groups in total. The zero-order valence-electron chi connectivity index (χ0n) is 14.9. The molecule has 130 valence electrons. The van der Waals surface area contributed by atoms with Crippen molar-refractivity contribution in [3.8, 4) is 0 Å². The van der Waals surface area contributed by atoms with Crippen molar-refractivity contribution in [3.63, 3.8) is 0 Å². The molecule has 24 heavy (non-hydrogen) atoms. The van der Waals surface area contributed by atoms with Crippen molar-refractivity contribution < 1.29 is 9.53 Å². The van der Waals surface area contributed by atoms with Gasteiger partial charge in [-0.25, -0.2) is 4.79 Å². The fourth-order valence-corrected chi connectivity index (χ4v) is 4.89. The second-order valence-electron chi connectivity index (χ2n) is 8.05. The number of rotatable bonds is 4. The first kappa shape index (κ1) is 15.9. The topological polar surface area (TPSA) is 50.4 Å². The maximum absolute atomic E-state index is 12.4. The first-order valence-electron chi connectivity index (χ1n) is 9.22. The fourth-order valence-electron chi connectivity index (χ4n) is 4.89. The van der Waals surface area contributed by atoms with Crippen molar-refractivity contribution in [1.82, 2.24) is 10.6 Å². The lowest BCUT2D eigenvalue weighted by molar-refractivity contribution is -0.109. The molecule has 4 heteroatoms. The lowest BCUT2D eigenvalue weighted by atomic mass is 9.68. The number of ether oxygens (including phenoxy) is 1. The Balaban J connectivity index is 1.35. The Hall–Kier alpha value is -1.55. The van der Waals surface area contributed by atoms with Crippen molar-refractivity contribution in [3.05, 3.63) is 34.9 Å². The van der Waals surface area contributed by atoms with Crippen molar-refractivity contribution in [2.24, 2.45) is 11.3 Å². The number of carbonyl (C=O) groups excluding carboxylic acids is 1. The van der Waals surface area contributed by atoms with Gasteiger partial charge in [0, 0.05) is 12.0 Å². The zero-order chi connectivity index (χ0) is 16.9. The summed E-state index contributed by atoms with van der Waals surface area (Å²) in [5.74, 6) is 0.662. The van der Waals surface area contributed by atoms with Gasteiger partial charge in [-0.1, -0.05) is 18.2 Å². The van der Waals surface area contributed by atoms with E-state index >= 15 is 0 Å². The van der Waals surface area contributed by atoms with Crippen LogP contribution in [0.25, 0.3) is 0 Å². The largest absolute Gasteiger partial charge is 0.374 e. The first-order valence-corrected chi connectivity index (χ1v) is 9.22. The average molecular weight is 328 g/mol. The summed E-state index contributed by atoms with van der Waals surface area (Å²) >= 11 is 0. The molecule has 2 amide bonds. The molecule has 0 bridgehead atoms. The maximum Gasteiger partial charge on any atom is 0.315 e. The molecule has 0 aromatic heterocycles. The van der Waals surface area contributed by atoms with Gasteiger partial charge in [0.15, 0.2) is 0 Å². The third-order valence-corrected chi connectivity index (χ3v) is 6.89. The van der Waals surface area contributed by atoms with E-state index in [1.54, 1.807) is 0 Å². The van der Waals surface area contributed by atoms with Gasteiger partial charge in [0.05, 0.1) is 18.2 Å². The molecule has 1 aliphatic heterocycles. The normalized spacial score (nSPS) is 30.4. The molecule has 1 aromatic rings. The van der Waals surface area contributed by atoms with E-state index in [-0.39, 0.29) is 23.1 Å². The average Bonchev–Trinajstić information content (AvgIpc) is 3.13. The Morgan fingerprint density at radius 2 is 2.17 bits per heavy atom. The molecule has 1 saturated heterocycles. The van der Waals surface area contributed by atoms with E-state index in [2.05, 4.69) is 42.7 Å². The molecule has 1 spiro atoms. The van der Waals surface area contributed by atoms with Crippen LogP contribution in [0.5, 0.6) is 0 Å². The van der Waals surface area contributed by atoms with Crippen molar-refractivity contribution in [2.75, 3.05) is 13.2 Å². The summed E-state index contributed by atoms with van der Waals surface area (Å²) in [7, 11) is 0. The van der Waals surface area contributed by atoms with E-state index in [0.717, 1.165) is 13.2 Å². The minimum Gasteiger partial charge on any atom is -0.374 e. The quantitative estimate of drug-likeness (QED) is 0.887. The minimum atomic E-state index is -0.0650. The van der Waals surface area contributed by atoms with Gasteiger partial charge >= 0.3 is 6.03 Å². The van der Waals surface area contributed by atoms with Gasteiger partial charge in [-0.2, -0.15) is 0 Å². The van der Waals surface area contributed by atoms with Crippen LogP contribution in [0.15, 0.2) is 18.2 Å². The zero-order valence-corrected chi connectivity index (χ0v) is 14.9. The van der Waals surface area contributed by atoms with E-state index in [9.17, 15) is 4.79 Å². The number of carbonyl (C=O) groups is 1. The van der Waals surface area contributed by atoms with Crippen LogP contribution >= 0.6 is 0 Å². The molecule has 3 atom stereocenters. The van der Waals surface area contributed by atoms with E-state index in [1.807, 2.05) is 6.92 Å². The van der Waals surface area contributed by atoms with Gasteiger partial charge in [0.2, 0.25) is 0 Å². The minimum absolute atomic E-state index is 0.00916. The Morgan fingerprint density at radius 3 is 2.83 bits per heavy atom. The number of hydrogen-bond donors (Lipinski definition) is 2. The highest BCUT2D eigenvalue weighted by Crippen LogP contribution is 2.70. The molecule has 3 fully saturated rings. The highest BCUT2D eigenvalue weighted by molar-refractivity contribution is 5.74. The molecule has 4 nitrogen and oxygen atoms in total. The third kappa shape index (κ3) is 2.26. The number of aryl methyl sites for hydroxylation is 1. The van der Waals surface area contributed by atoms with Gasteiger partial charge in [0.25, 0.3) is 0 Å². The number of benzene rings is 1. The number of nitrogens with one attached hydrogen (secondary N) is 2. The van der Waals surface area contributed by atoms with Crippen LogP contribution in [0.1, 0.15) is 55.3 Å². The van der Waals surface area contributed by atoms with E-state index in [0.29, 0.717) is 5.92 Å². The molecule has 4 rings (SSSR count). The van der Waals surface area contributed by atoms with Crippen LogP contribution in [0.4, 0.5) is 4.79 Å². The van der Waals surface area contributed by atoms with Gasteiger partial charge < -0.3 is 15.4 Å². The van der Waals surface area contributed by atoms with Crippen molar-refractivity contribution in [1.29, 1.82) is 0 Å². The lowest BCUT2D eigenvalue weighted by Crippen LogP contribution is -2.51. The smallest absolute Gasteiger partial charge is 0.315 e. The summed E-state index contributed by atoms with van der Waals surface area (Å²) in [6.45, 7) is 7.91. The van der Waals surface area contributed by atoms with Gasteiger partial charge in [-0.05, 0) is 69.1 Å². The summed E-state index contributed by atoms with van der Waals surface area (Å²) in [6.07, 6.45) is 4.83. The second kappa shape index (κ2) is 5.48. The Morgan fingerprint density at radius 1 is 1.38 bits per heavy atom. The molecule has 2 saturated carbocycles. The predicted molar refractivity (Wildman–Crippen MR) is 93.9 cm³/mol. The Labute approximate surface area is 144 Å². The monoisotopic (exact) mass is 328 g/mol. The van der Waals surface area contributed by atoms with E-state index in [4.69, 9.17) is 4.74 Å². The maximum atomic E-state index is 12.4. The molecule has 1 heterocycles. The molecule has 1 unspecified atom stereocenters. The highest BCUT2D eigenvalue weighted by atomic mass is 16.5. The van der Waals surface area contributed by atoms with Gasteiger partial charge in [-0.15, -0.1) is 0 Å². The summed E-state index contributed by atoms with van der Waals surface area (Å²) in [5.41, 5.74) is 4.02.